The molecular formula is C21H29NO3. The van der Waals surface area contributed by atoms with E-state index in [2.05, 4.69) is 30.7 Å². The second kappa shape index (κ2) is 9.60. The summed E-state index contributed by atoms with van der Waals surface area (Å²) in [5, 5.41) is 11.0. The molecule has 1 aliphatic heterocycles. The molecule has 2 rings (SSSR count). The molecule has 0 unspecified atom stereocenters. The molecular weight excluding hydrogens is 314 g/mol. The first-order chi connectivity index (χ1) is 12.1. The number of esters is 1. The maximum Gasteiger partial charge on any atom is 0.356 e. The Balaban J connectivity index is 2.12. The number of ether oxygens (including phenoxy) is 1. The maximum absolute atomic E-state index is 12.7. The van der Waals surface area contributed by atoms with Gasteiger partial charge >= 0.3 is 5.97 Å². The van der Waals surface area contributed by atoms with Crippen molar-refractivity contribution in [2.75, 3.05) is 20.1 Å². The van der Waals surface area contributed by atoms with Gasteiger partial charge in [0.05, 0.1) is 0 Å². The third-order valence-corrected chi connectivity index (χ3v) is 4.60. The topological polar surface area (TPSA) is 49.8 Å². The van der Waals surface area contributed by atoms with Gasteiger partial charge in [-0.2, -0.15) is 0 Å². The Morgan fingerprint density at radius 1 is 1.28 bits per heavy atom. The van der Waals surface area contributed by atoms with Crippen LogP contribution in [0.15, 0.2) is 30.3 Å². The van der Waals surface area contributed by atoms with Crippen molar-refractivity contribution >= 4 is 5.97 Å². The lowest BCUT2D eigenvalue weighted by molar-refractivity contribution is -0.168. The number of piperidine rings is 1. The first-order valence-electron chi connectivity index (χ1n) is 9.24. The van der Waals surface area contributed by atoms with Gasteiger partial charge in [0.2, 0.25) is 5.60 Å². The summed E-state index contributed by atoms with van der Waals surface area (Å²) in [4.78, 5) is 15.0. The van der Waals surface area contributed by atoms with Crippen LogP contribution >= 0.6 is 0 Å². The Hall–Kier alpha value is -1.83. The highest BCUT2D eigenvalue weighted by molar-refractivity contribution is 5.85. The highest BCUT2D eigenvalue weighted by atomic mass is 16.6. The number of likely N-dealkylation sites (tertiary alicyclic amines) is 1. The van der Waals surface area contributed by atoms with Crippen LogP contribution in [0.2, 0.25) is 0 Å². The average molecular weight is 343 g/mol. The highest BCUT2D eigenvalue weighted by Gasteiger charge is 2.39. The second-order valence-electron chi connectivity index (χ2n) is 6.74. The van der Waals surface area contributed by atoms with Crippen LogP contribution in [-0.4, -0.2) is 42.2 Å². The van der Waals surface area contributed by atoms with E-state index in [1.165, 1.54) is 0 Å². The van der Waals surface area contributed by atoms with Gasteiger partial charge in [-0.05, 0) is 26.3 Å². The standard InChI is InChI=1S/C21H29NO3/c1-3-4-5-6-10-15-21(24,18-11-8-7-9-12-18)20(23)25-19-13-16-22(2)17-14-19/h7-9,11-12,19,24H,3-6,13-14,16-17H2,1-2H3/t21-/m0/s1. The van der Waals surface area contributed by atoms with Crippen molar-refractivity contribution in [1.29, 1.82) is 0 Å². The molecule has 4 heteroatoms. The summed E-state index contributed by atoms with van der Waals surface area (Å²) < 4.78 is 5.62. The van der Waals surface area contributed by atoms with Gasteiger partial charge < -0.3 is 14.7 Å². The molecule has 25 heavy (non-hydrogen) atoms. The first kappa shape index (κ1) is 19.5. The molecule has 4 nitrogen and oxygen atoms in total. The zero-order chi connectivity index (χ0) is 18.1. The fraction of sp³-hybridized carbons (Fsp3) is 0.571. The van der Waals surface area contributed by atoms with E-state index in [1.54, 1.807) is 24.3 Å². The lowest BCUT2D eigenvalue weighted by Crippen LogP contribution is -2.41. The van der Waals surface area contributed by atoms with Gasteiger partial charge in [-0.3, -0.25) is 0 Å². The zero-order valence-electron chi connectivity index (χ0n) is 15.3. The molecule has 0 bridgehead atoms. The summed E-state index contributed by atoms with van der Waals surface area (Å²) >= 11 is 0. The molecule has 0 amide bonds. The second-order valence-corrected chi connectivity index (χ2v) is 6.74. The van der Waals surface area contributed by atoms with Gasteiger partial charge in [0.25, 0.3) is 0 Å². The van der Waals surface area contributed by atoms with E-state index in [9.17, 15) is 9.90 Å². The van der Waals surface area contributed by atoms with Crippen LogP contribution < -0.4 is 0 Å². The van der Waals surface area contributed by atoms with Crippen molar-refractivity contribution in [2.45, 2.75) is 57.2 Å². The maximum atomic E-state index is 12.7. The van der Waals surface area contributed by atoms with Crippen LogP contribution in [0, 0.1) is 11.8 Å². The van der Waals surface area contributed by atoms with E-state index in [1.807, 2.05) is 6.07 Å². The third-order valence-electron chi connectivity index (χ3n) is 4.60. The number of benzene rings is 1. The Morgan fingerprint density at radius 3 is 2.60 bits per heavy atom. The average Bonchev–Trinajstić information content (AvgIpc) is 2.64. The van der Waals surface area contributed by atoms with E-state index in [0.29, 0.717) is 12.0 Å². The minimum absolute atomic E-state index is 0.152. The number of aliphatic hydroxyl groups is 1. The molecule has 1 aromatic rings. The molecule has 1 aromatic carbocycles. The van der Waals surface area contributed by atoms with Crippen LogP contribution in [-0.2, 0) is 15.1 Å². The lowest BCUT2D eigenvalue weighted by atomic mass is 9.94. The smallest absolute Gasteiger partial charge is 0.356 e. The summed E-state index contributed by atoms with van der Waals surface area (Å²) in [6.45, 7) is 3.92. The molecule has 136 valence electrons. The van der Waals surface area contributed by atoms with E-state index in [4.69, 9.17) is 4.74 Å². The number of unbranched alkanes of at least 4 members (excludes halogenated alkanes) is 3. The molecule has 1 heterocycles. The summed E-state index contributed by atoms with van der Waals surface area (Å²) in [5.74, 6) is 5.11. The molecule has 0 aromatic heterocycles. The molecule has 1 N–H and O–H groups in total. The molecule has 1 aliphatic rings. The number of hydrogen-bond donors (Lipinski definition) is 1. The monoisotopic (exact) mass is 343 g/mol. The van der Waals surface area contributed by atoms with E-state index in [-0.39, 0.29) is 6.10 Å². The molecule has 1 atom stereocenters. The molecule has 0 saturated carbocycles. The molecule has 1 saturated heterocycles. The van der Waals surface area contributed by atoms with E-state index < -0.39 is 11.6 Å². The number of carbonyl (C=O) groups is 1. The van der Waals surface area contributed by atoms with E-state index in [0.717, 1.165) is 45.2 Å². The minimum Gasteiger partial charge on any atom is -0.459 e. The normalized spacial score (nSPS) is 18.0. The lowest BCUT2D eigenvalue weighted by Gasteiger charge is -2.31. The number of nitrogens with zero attached hydrogens (tertiary/aromatic N) is 1. The summed E-state index contributed by atoms with van der Waals surface area (Å²) in [7, 11) is 2.06. The molecule has 1 fully saturated rings. The molecule has 0 aliphatic carbocycles. The zero-order valence-corrected chi connectivity index (χ0v) is 15.3. The van der Waals surface area contributed by atoms with Crippen LogP contribution in [0.25, 0.3) is 0 Å². The Bertz CT molecular complexity index is 597. The van der Waals surface area contributed by atoms with Gasteiger partial charge in [-0.1, -0.05) is 61.9 Å². The predicted octanol–water partition coefficient (Wildman–Crippen LogP) is 3.10. The largest absolute Gasteiger partial charge is 0.459 e. The Morgan fingerprint density at radius 2 is 1.96 bits per heavy atom. The SMILES string of the molecule is CCCCCC#C[C@@](O)(C(=O)OC1CCN(C)CC1)c1ccccc1. The first-order valence-corrected chi connectivity index (χ1v) is 9.24. The highest BCUT2D eigenvalue weighted by Crippen LogP contribution is 2.25. The van der Waals surface area contributed by atoms with Crippen molar-refractivity contribution in [3.63, 3.8) is 0 Å². The van der Waals surface area contributed by atoms with Crippen LogP contribution in [0.4, 0.5) is 0 Å². The summed E-state index contributed by atoms with van der Waals surface area (Å²) in [5.41, 5.74) is -1.42. The summed E-state index contributed by atoms with van der Waals surface area (Å²) in [6.07, 6.45) is 5.28. The van der Waals surface area contributed by atoms with Crippen molar-refractivity contribution in [3.8, 4) is 11.8 Å². The predicted molar refractivity (Wildman–Crippen MR) is 98.9 cm³/mol. The van der Waals surface area contributed by atoms with Crippen molar-refractivity contribution in [1.82, 2.24) is 4.90 Å². The number of hydrogen-bond acceptors (Lipinski definition) is 4. The van der Waals surface area contributed by atoms with Gasteiger partial charge in [-0.25, -0.2) is 4.79 Å². The molecule has 0 spiro atoms. The summed E-state index contributed by atoms with van der Waals surface area (Å²) in [6, 6.07) is 8.87. The number of carbonyl (C=O) groups excluding carboxylic acids is 1. The van der Waals surface area contributed by atoms with Gasteiger partial charge in [0.1, 0.15) is 6.10 Å². The van der Waals surface area contributed by atoms with Crippen LogP contribution in [0.3, 0.4) is 0 Å². The Kier molecular flexibility index (Phi) is 7.49. The van der Waals surface area contributed by atoms with E-state index >= 15 is 0 Å². The molecule has 0 radical (unpaired) electrons. The third kappa shape index (κ3) is 5.59. The van der Waals surface area contributed by atoms with Crippen molar-refractivity contribution in [2.24, 2.45) is 0 Å². The van der Waals surface area contributed by atoms with Gasteiger partial charge in [0.15, 0.2) is 0 Å². The van der Waals surface area contributed by atoms with Crippen LogP contribution in [0.5, 0.6) is 0 Å². The number of rotatable bonds is 6. The van der Waals surface area contributed by atoms with Gasteiger partial charge in [-0.15, -0.1) is 0 Å². The Labute approximate surface area is 151 Å². The minimum atomic E-state index is -1.89. The van der Waals surface area contributed by atoms with Crippen LogP contribution in [0.1, 0.15) is 51.0 Å². The fourth-order valence-corrected chi connectivity index (χ4v) is 2.91. The van der Waals surface area contributed by atoms with Crippen molar-refractivity contribution in [3.05, 3.63) is 35.9 Å². The van der Waals surface area contributed by atoms with Crippen molar-refractivity contribution < 1.29 is 14.6 Å². The fourth-order valence-electron chi connectivity index (χ4n) is 2.91. The van der Waals surface area contributed by atoms with Gasteiger partial charge in [0, 0.05) is 25.1 Å². The quantitative estimate of drug-likeness (QED) is 0.490.